The first-order valence-corrected chi connectivity index (χ1v) is 7.90. The average molecular weight is 405 g/mol. The van der Waals surface area contributed by atoms with Gasteiger partial charge in [0, 0.05) is 20.8 Å². The molecule has 1 aromatic carbocycles. The highest BCUT2D eigenvalue weighted by Gasteiger charge is 2.05. The summed E-state index contributed by atoms with van der Waals surface area (Å²) in [6.07, 6.45) is 0. The number of benzene rings is 1. The van der Waals surface area contributed by atoms with Crippen LogP contribution in [-0.4, -0.2) is 17.1 Å². The molecule has 2 rings (SSSR count). The molecule has 0 fully saturated rings. The lowest BCUT2D eigenvalue weighted by Crippen LogP contribution is -1.97. The predicted octanol–water partition coefficient (Wildman–Crippen LogP) is 3.88. The third-order valence-electron chi connectivity index (χ3n) is 2.20. The van der Waals surface area contributed by atoms with E-state index in [1.165, 1.54) is 11.8 Å². The highest BCUT2D eigenvalue weighted by Crippen LogP contribution is 2.26. The van der Waals surface area contributed by atoms with Crippen LogP contribution in [0.25, 0.3) is 0 Å². The number of anilines is 1. The second-order valence-electron chi connectivity index (χ2n) is 3.68. The molecule has 1 aromatic heterocycles. The zero-order valence-electron chi connectivity index (χ0n) is 10.1. The Morgan fingerprint density at radius 1 is 1.16 bits per heavy atom. The largest absolute Gasteiger partial charge is 0.481 e. The zero-order chi connectivity index (χ0) is 13.8. The Kier molecular flexibility index (Phi) is 5.06. The number of halogens is 2. The first-order chi connectivity index (χ1) is 9.06. The fourth-order valence-corrected chi connectivity index (χ4v) is 3.61. The van der Waals surface area contributed by atoms with E-state index in [9.17, 15) is 0 Å². The van der Waals surface area contributed by atoms with E-state index in [1.54, 1.807) is 13.2 Å². The van der Waals surface area contributed by atoms with E-state index in [4.69, 9.17) is 10.5 Å². The van der Waals surface area contributed by atoms with Crippen LogP contribution in [0.5, 0.6) is 5.88 Å². The van der Waals surface area contributed by atoms with Gasteiger partial charge in [0.05, 0.1) is 7.11 Å². The van der Waals surface area contributed by atoms with E-state index >= 15 is 0 Å². The molecule has 0 atom stereocenters. The summed E-state index contributed by atoms with van der Waals surface area (Å²) >= 11 is 8.44. The van der Waals surface area contributed by atoms with Crippen LogP contribution in [0.2, 0.25) is 0 Å². The van der Waals surface area contributed by atoms with Crippen LogP contribution >= 0.6 is 43.6 Å². The van der Waals surface area contributed by atoms with Crippen molar-refractivity contribution in [2.24, 2.45) is 0 Å². The minimum absolute atomic E-state index is 0.407. The number of nitrogens with zero attached hydrogens (tertiary/aromatic N) is 2. The highest BCUT2D eigenvalue weighted by atomic mass is 79.9. The number of rotatable bonds is 4. The summed E-state index contributed by atoms with van der Waals surface area (Å²) in [4.78, 5) is 8.41. The van der Waals surface area contributed by atoms with Gasteiger partial charge < -0.3 is 10.5 Å². The van der Waals surface area contributed by atoms with Crippen molar-refractivity contribution < 1.29 is 4.74 Å². The number of aromatic nitrogens is 2. The van der Waals surface area contributed by atoms with Crippen LogP contribution in [-0.2, 0) is 5.75 Å². The van der Waals surface area contributed by atoms with Gasteiger partial charge in [0.25, 0.3) is 0 Å². The molecule has 0 saturated carbocycles. The minimum Gasteiger partial charge on any atom is -0.481 e. The molecule has 1 heterocycles. The molecular formula is C12H11Br2N3OS. The lowest BCUT2D eigenvalue weighted by atomic mass is 10.2. The van der Waals surface area contributed by atoms with Gasteiger partial charge in [-0.1, -0.05) is 43.6 Å². The monoisotopic (exact) mass is 403 g/mol. The smallest absolute Gasteiger partial charge is 0.219 e. The summed E-state index contributed by atoms with van der Waals surface area (Å²) < 4.78 is 7.13. The number of nitrogen functional groups attached to an aromatic ring is 1. The molecule has 0 aliphatic carbocycles. The van der Waals surface area contributed by atoms with E-state index in [2.05, 4.69) is 54.0 Å². The van der Waals surface area contributed by atoms with E-state index in [-0.39, 0.29) is 0 Å². The second kappa shape index (κ2) is 6.58. The second-order valence-corrected chi connectivity index (χ2v) is 6.46. The van der Waals surface area contributed by atoms with Crippen LogP contribution in [0, 0.1) is 0 Å². The van der Waals surface area contributed by atoms with Gasteiger partial charge in [-0.15, -0.1) is 0 Å². The SMILES string of the molecule is COc1cc(N)nc(SCc2cc(Br)cc(Br)c2)n1. The van der Waals surface area contributed by atoms with Gasteiger partial charge in [0.15, 0.2) is 5.16 Å². The Hall–Kier alpha value is -0.790. The molecule has 100 valence electrons. The fourth-order valence-electron chi connectivity index (χ4n) is 1.43. The van der Waals surface area contributed by atoms with Gasteiger partial charge in [-0.2, -0.15) is 4.98 Å². The molecule has 0 aliphatic rings. The van der Waals surface area contributed by atoms with Crippen LogP contribution < -0.4 is 10.5 Å². The molecule has 0 aliphatic heterocycles. The molecule has 0 spiro atoms. The van der Waals surface area contributed by atoms with Crippen LogP contribution in [0.1, 0.15) is 5.56 Å². The molecular weight excluding hydrogens is 394 g/mol. The lowest BCUT2D eigenvalue weighted by Gasteiger charge is -2.05. The normalized spacial score (nSPS) is 10.5. The van der Waals surface area contributed by atoms with Gasteiger partial charge in [-0.05, 0) is 23.8 Å². The third kappa shape index (κ3) is 4.36. The Bertz CT molecular complexity index is 575. The molecule has 0 bridgehead atoms. The van der Waals surface area contributed by atoms with Crippen molar-refractivity contribution in [3.05, 3.63) is 38.8 Å². The Balaban J connectivity index is 2.11. The summed E-state index contributed by atoms with van der Waals surface area (Å²) in [5.41, 5.74) is 6.86. The van der Waals surface area contributed by atoms with Crippen molar-refractivity contribution in [1.29, 1.82) is 0 Å². The number of ether oxygens (including phenoxy) is 1. The Morgan fingerprint density at radius 3 is 2.47 bits per heavy atom. The van der Waals surface area contributed by atoms with Crippen molar-refractivity contribution in [3.8, 4) is 5.88 Å². The first-order valence-electron chi connectivity index (χ1n) is 5.33. The number of methoxy groups -OCH3 is 1. The molecule has 2 N–H and O–H groups in total. The Labute approximate surface area is 132 Å². The van der Waals surface area contributed by atoms with Gasteiger partial charge in [0.2, 0.25) is 5.88 Å². The maximum absolute atomic E-state index is 5.69. The van der Waals surface area contributed by atoms with Crippen molar-refractivity contribution in [2.45, 2.75) is 10.9 Å². The summed E-state index contributed by atoms with van der Waals surface area (Å²) in [7, 11) is 1.56. The molecule has 0 radical (unpaired) electrons. The number of thioether (sulfide) groups is 1. The summed E-state index contributed by atoms with van der Waals surface area (Å²) in [5, 5.41) is 0.605. The number of nitrogens with two attached hydrogens (primary N) is 1. The minimum atomic E-state index is 0.407. The third-order valence-corrected chi connectivity index (χ3v) is 4.04. The quantitative estimate of drug-likeness (QED) is 0.618. The molecule has 0 unspecified atom stereocenters. The van der Waals surface area contributed by atoms with E-state index in [0.29, 0.717) is 16.9 Å². The molecule has 4 nitrogen and oxygen atoms in total. The molecule has 2 aromatic rings. The van der Waals surface area contributed by atoms with Gasteiger partial charge in [0.1, 0.15) is 5.82 Å². The molecule has 7 heteroatoms. The first kappa shape index (κ1) is 14.6. The van der Waals surface area contributed by atoms with E-state index < -0.39 is 0 Å². The summed E-state index contributed by atoms with van der Waals surface area (Å²) in [5.74, 6) is 1.64. The van der Waals surface area contributed by atoms with Gasteiger partial charge in [-0.3, -0.25) is 0 Å². The molecule has 19 heavy (non-hydrogen) atoms. The maximum atomic E-state index is 5.69. The van der Waals surface area contributed by atoms with Crippen molar-refractivity contribution in [1.82, 2.24) is 9.97 Å². The average Bonchev–Trinajstić information content (AvgIpc) is 2.34. The standard InChI is InChI=1S/C12H11Br2N3OS/c1-18-11-5-10(15)16-12(17-11)19-6-7-2-8(13)4-9(14)3-7/h2-5H,6H2,1H3,(H2,15,16,17). The van der Waals surface area contributed by atoms with E-state index in [0.717, 1.165) is 20.3 Å². The summed E-state index contributed by atoms with van der Waals surface area (Å²) in [6, 6.07) is 7.70. The van der Waals surface area contributed by atoms with Crippen molar-refractivity contribution in [2.75, 3.05) is 12.8 Å². The zero-order valence-corrected chi connectivity index (χ0v) is 14.0. The number of hydrogen-bond donors (Lipinski definition) is 1. The molecule has 0 saturated heterocycles. The lowest BCUT2D eigenvalue weighted by molar-refractivity contribution is 0.393. The predicted molar refractivity (Wildman–Crippen MR) is 84.4 cm³/mol. The topological polar surface area (TPSA) is 61.0 Å². The maximum Gasteiger partial charge on any atom is 0.219 e. The van der Waals surface area contributed by atoms with Gasteiger partial charge >= 0.3 is 0 Å². The van der Waals surface area contributed by atoms with Crippen LogP contribution in [0.15, 0.2) is 38.4 Å². The fraction of sp³-hybridized carbons (Fsp3) is 0.167. The van der Waals surface area contributed by atoms with Crippen LogP contribution in [0.3, 0.4) is 0 Å². The molecule has 0 amide bonds. The summed E-state index contributed by atoms with van der Waals surface area (Å²) in [6.45, 7) is 0. The van der Waals surface area contributed by atoms with Gasteiger partial charge in [-0.25, -0.2) is 4.98 Å². The van der Waals surface area contributed by atoms with Crippen molar-refractivity contribution >= 4 is 49.4 Å². The van der Waals surface area contributed by atoms with Crippen LogP contribution in [0.4, 0.5) is 5.82 Å². The number of hydrogen-bond acceptors (Lipinski definition) is 5. The van der Waals surface area contributed by atoms with Crippen molar-refractivity contribution in [3.63, 3.8) is 0 Å². The highest BCUT2D eigenvalue weighted by molar-refractivity contribution is 9.11. The van der Waals surface area contributed by atoms with E-state index in [1.807, 2.05) is 6.07 Å². The Morgan fingerprint density at radius 2 is 1.84 bits per heavy atom.